The van der Waals surface area contributed by atoms with E-state index in [9.17, 15) is 9.18 Å². The third-order valence-electron chi connectivity index (χ3n) is 6.36. The number of epoxide rings is 1. The highest BCUT2D eigenvalue weighted by molar-refractivity contribution is 7.08. The number of benzene rings is 1. The van der Waals surface area contributed by atoms with Crippen molar-refractivity contribution in [2.75, 3.05) is 19.4 Å². The molecule has 3 aliphatic heterocycles. The lowest BCUT2D eigenvalue weighted by Gasteiger charge is -2.45. The Balaban J connectivity index is 0.000000687. The number of thiophene rings is 1. The van der Waals surface area contributed by atoms with Crippen molar-refractivity contribution in [3.63, 3.8) is 0 Å². The number of carboxylic acid groups (broad SMARTS) is 1. The van der Waals surface area contributed by atoms with Gasteiger partial charge in [-0.2, -0.15) is 11.3 Å². The second-order valence-corrected chi connectivity index (χ2v) is 9.03. The van der Waals surface area contributed by atoms with Gasteiger partial charge in [0, 0.05) is 24.9 Å². The fourth-order valence-electron chi connectivity index (χ4n) is 4.87. The zero-order valence-electron chi connectivity index (χ0n) is 16.6. The molecule has 0 aliphatic carbocycles. The van der Waals surface area contributed by atoms with Crippen molar-refractivity contribution in [3.05, 3.63) is 40.8 Å². The minimum atomic E-state index is -0.500. The normalized spacial score (nSPS) is 29.8. The van der Waals surface area contributed by atoms with Crippen molar-refractivity contribution in [1.82, 2.24) is 0 Å². The standard InChI is InChI=1S/C20H21FN2O3S.CH2O2/c1-23(2)16-8-13(9-17(23)19-18(16)26-19)25-20(24)22-15-4-3-12(21)7-14(15)11-5-6-27-10-11;2-1-3/h3-7,10,13,16-19H,8-9H2,1-2H3;1H,(H,2,3). The van der Waals surface area contributed by atoms with Crippen molar-refractivity contribution in [2.24, 2.45) is 0 Å². The van der Waals surface area contributed by atoms with Gasteiger partial charge in [0.25, 0.3) is 0 Å². The third kappa shape index (κ3) is 3.80. The van der Waals surface area contributed by atoms with E-state index < -0.39 is 12.6 Å². The number of rotatable bonds is 3. The summed E-state index contributed by atoms with van der Waals surface area (Å²) in [5.41, 5.74) is 2.09. The molecule has 160 valence electrons. The molecule has 1 amide bonds. The second kappa shape index (κ2) is 7.98. The zero-order valence-corrected chi connectivity index (χ0v) is 17.4. The van der Waals surface area contributed by atoms with Gasteiger partial charge >= 0.3 is 6.09 Å². The molecule has 9 heteroatoms. The number of hydrogen-bond donors (Lipinski definition) is 1. The molecule has 2 aromatic rings. The zero-order chi connectivity index (χ0) is 21.5. The maximum absolute atomic E-state index is 13.7. The van der Waals surface area contributed by atoms with Gasteiger partial charge in [0.15, 0.2) is 0 Å². The fourth-order valence-corrected chi connectivity index (χ4v) is 5.53. The smallest absolute Gasteiger partial charge is 0.411 e. The number of morpholine rings is 1. The van der Waals surface area contributed by atoms with E-state index >= 15 is 0 Å². The maximum Gasteiger partial charge on any atom is 0.411 e. The molecule has 1 N–H and O–H groups in total. The van der Waals surface area contributed by atoms with Gasteiger partial charge in [-0.3, -0.25) is 5.32 Å². The lowest BCUT2D eigenvalue weighted by atomic mass is 9.96. The van der Waals surface area contributed by atoms with Gasteiger partial charge in [0.05, 0.1) is 19.8 Å². The van der Waals surface area contributed by atoms with E-state index in [0.717, 1.165) is 22.9 Å². The monoisotopic (exact) mass is 434 g/mol. The molecule has 4 atom stereocenters. The van der Waals surface area contributed by atoms with E-state index in [2.05, 4.69) is 19.4 Å². The highest BCUT2D eigenvalue weighted by Crippen LogP contribution is 2.51. The Bertz CT molecular complexity index is 915. The number of piperidine rings is 1. The number of likely N-dealkylation sites (N-methyl/N-ethyl adjacent to an activating group) is 1. The summed E-state index contributed by atoms with van der Waals surface area (Å²) in [5, 5.41) is 14.9. The number of nitrogens with zero attached hydrogens (tertiary/aromatic N) is 1. The van der Waals surface area contributed by atoms with Gasteiger partial charge in [-0.15, -0.1) is 0 Å². The van der Waals surface area contributed by atoms with Gasteiger partial charge < -0.3 is 23.9 Å². The molecule has 5 rings (SSSR count). The van der Waals surface area contributed by atoms with E-state index in [-0.39, 0.29) is 11.9 Å². The van der Waals surface area contributed by atoms with E-state index in [4.69, 9.17) is 19.4 Å². The molecule has 7 nitrogen and oxygen atoms in total. The quantitative estimate of drug-likeness (QED) is 0.455. The largest absolute Gasteiger partial charge is 0.554 e. The average Bonchev–Trinajstić information content (AvgIpc) is 3.24. The Kier molecular flexibility index (Phi) is 5.52. The first kappa shape index (κ1) is 20.8. The van der Waals surface area contributed by atoms with Crippen molar-refractivity contribution in [3.8, 4) is 11.1 Å². The van der Waals surface area contributed by atoms with Gasteiger partial charge in [0.2, 0.25) is 0 Å². The van der Waals surface area contributed by atoms with Crippen LogP contribution in [0.5, 0.6) is 0 Å². The Morgan fingerprint density at radius 3 is 2.57 bits per heavy atom. The van der Waals surface area contributed by atoms with Crippen LogP contribution in [0.2, 0.25) is 0 Å². The van der Waals surface area contributed by atoms with E-state index in [0.29, 0.717) is 35.5 Å². The molecule has 3 saturated heterocycles. The molecule has 4 heterocycles. The van der Waals surface area contributed by atoms with Crippen LogP contribution in [0.3, 0.4) is 0 Å². The minimum absolute atomic E-state index is 0.104. The highest BCUT2D eigenvalue weighted by atomic mass is 32.1. The molecule has 4 unspecified atom stereocenters. The first-order chi connectivity index (χ1) is 14.3. The second-order valence-electron chi connectivity index (χ2n) is 8.25. The van der Waals surface area contributed by atoms with Crippen LogP contribution in [0.4, 0.5) is 14.9 Å². The van der Waals surface area contributed by atoms with E-state index in [1.54, 1.807) is 6.07 Å². The number of fused-ring (bicyclic) bond motifs is 5. The highest BCUT2D eigenvalue weighted by Gasteiger charge is 2.70. The Labute approximate surface area is 177 Å². The number of halogens is 1. The molecule has 30 heavy (non-hydrogen) atoms. The van der Waals surface area contributed by atoms with Crippen molar-refractivity contribution in [2.45, 2.75) is 43.2 Å². The van der Waals surface area contributed by atoms with Crippen molar-refractivity contribution >= 4 is 29.6 Å². The summed E-state index contributed by atoms with van der Waals surface area (Å²) in [4.78, 5) is 20.8. The third-order valence-corrected chi connectivity index (χ3v) is 7.05. The first-order valence-electron chi connectivity index (χ1n) is 9.69. The number of anilines is 1. The number of nitrogens with one attached hydrogen (secondary N) is 1. The van der Waals surface area contributed by atoms with E-state index in [1.165, 1.54) is 23.5 Å². The summed E-state index contributed by atoms with van der Waals surface area (Å²) in [6.07, 6.45) is 1.70. The van der Waals surface area contributed by atoms with Gasteiger partial charge in [-0.1, -0.05) is 0 Å². The minimum Gasteiger partial charge on any atom is -0.554 e. The van der Waals surface area contributed by atoms with Crippen LogP contribution in [0, 0.1) is 5.82 Å². The predicted octanol–water partition coefficient (Wildman–Crippen LogP) is 2.23. The lowest BCUT2D eigenvalue weighted by Crippen LogP contribution is -2.60. The van der Waals surface area contributed by atoms with Gasteiger partial charge in [0.1, 0.15) is 36.2 Å². The van der Waals surface area contributed by atoms with E-state index in [1.807, 2.05) is 16.8 Å². The van der Waals surface area contributed by atoms with Crippen LogP contribution < -0.4 is 10.4 Å². The molecule has 0 spiro atoms. The topological polar surface area (TPSA) is 91.0 Å². The Morgan fingerprint density at radius 1 is 1.30 bits per heavy atom. The van der Waals surface area contributed by atoms with Crippen molar-refractivity contribution in [1.29, 1.82) is 0 Å². The molecule has 0 saturated carbocycles. The number of ether oxygens (including phenoxy) is 2. The molecule has 3 aliphatic rings. The molecule has 3 fully saturated rings. The van der Waals surface area contributed by atoms with Gasteiger partial charge in [-0.25, -0.2) is 9.18 Å². The summed E-state index contributed by atoms with van der Waals surface area (Å²) >= 11 is 1.53. The van der Waals surface area contributed by atoms with Crippen LogP contribution in [0.15, 0.2) is 35.0 Å². The molecule has 1 aromatic heterocycles. The van der Waals surface area contributed by atoms with Crippen molar-refractivity contribution < 1.29 is 33.0 Å². The Morgan fingerprint density at radius 2 is 1.97 bits per heavy atom. The SMILES string of the molecule is C[N+]1(C)C2CC(OC(=O)Nc3ccc(F)cc3-c3ccsc3)CC1C1OC12.O=C[O-]. The summed E-state index contributed by atoms with van der Waals surface area (Å²) in [6, 6.07) is 7.04. The molecule has 1 aromatic carbocycles. The van der Waals surface area contributed by atoms with Crippen LogP contribution in [0.1, 0.15) is 12.8 Å². The lowest BCUT2D eigenvalue weighted by molar-refractivity contribution is -0.938. The Hall–Kier alpha value is -2.49. The molecular formula is C21H23FN2O5S. The van der Waals surface area contributed by atoms with Crippen LogP contribution in [-0.2, 0) is 14.3 Å². The number of quaternary nitrogens is 1. The summed E-state index contributed by atoms with van der Waals surface area (Å²) in [6.45, 7) is -0.500. The predicted molar refractivity (Wildman–Crippen MR) is 107 cm³/mol. The average molecular weight is 434 g/mol. The van der Waals surface area contributed by atoms with Gasteiger partial charge in [-0.05, 0) is 40.6 Å². The molecule has 0 radical (unpaired) electrons. The molecule has 2 bridgehead atoms. The number of carbonyl (C=O) groups excluding carboxylic acids is 2. The number of amides is 1. The fraction of sp³-hybridized carbons (Fsp3) is 0.429. The molecular weight excluding hydrogens is 411 g/mol. The summed E-state index contributed by atoms with van der Waals surface area (Å²) in [5.74, 6) is -0.335. The van der Waals surface area contributed by atoms with Crippen LogP contribution in [0.25, 0.3) is 11.1 Å². The maximum atomic E-state index is 13.7. The van der Waals surface area contributed by atoms with Crippen LogP contribution >= 0.6 is 11.3 Å². The number of hydrogen-bond acceptors (Lipinski definition) is 6. The summed E-state index contributed by atoms with van der Waals surface area (Å²) in [7, 11) is 4.49. The first-order valence-corrected chi connectivity index (χ1v) is 10.6. The number of carbonyl (C=O) groups is 2. The van der Waals surface area contributed by atoms with Crippen LogP contribution in [-0.4, -0.2) is 61.5 Å². The summed E-state index contributed by atoms with van der Waals surface area (Å²) < 4.78 is 26.2.